The molecule has 0 radical (unpaired) electrons. The van der Waals surface area contributed by atoms with E-state index in [0.29, 0.717) is 5.75 Å². The first kappa shape index (κ1) is 18.7. The fraction of sp³-hybridized carbons (Fsp3) is 0.263. The smallest absolute Gasteiger partial charge is 0.258 e. The van der Waals surface area contributed by atoms with Gasteiger partial charge in [-0.25, -0.2) is 4.98 Å². The first-order valence-corrected chi connectivity index (χ1v) is 10.6. The lowest BCUT2D eigenvalue weighted by Crippen LogP contribution is -2.14. The normalized spacial score (nSPS) is 11.2. The number of aryl methyl sites for hydroxylation is 1. The van der Waals surface area contributed by atoms with Gasteiger partial charge >= 0.3 is 0 Å². The van der Waals surface area contributed by atoms with Crippen LogP contribution in [0.5, 0.6) is 5.75 Å². The molecular weight excluding hydrogens is 394 g/mol. The Hall–Kier alpha value is -2.65. The molecule has 7 nitrogen and oxygen atoms in total. The van der Waals surface area contributed by atoms with Crippen LogP contribution in [0, 0.1) is 6.92 Å². The third kappa shape index (κ3) is 3.43. The van der Waals surface area contributed by atoms with Crippen molar-refractivity contribution in [2.45, 2.75) is 31.3 Å². The highest BCUT2D eigenvalue weighted by Crippen LogP contribution is 2.27. The molecule has 0 saturated heterocycles. The first-order valence-electron chi connectivity index (χ1n) is 8.78. The number of aromatic nitrogens is 5. The van der Waals surface area contributed by atoms with Gasteiger partial charge in [0.2, 0.25) is 0 Å². The number of thioether (sulfide) groups is 1. The van der Waals surface area contributed by atoms with Crippen LogP contribution in [0.4, 0.5) is 0 Å². The van der Waals surface area contributed by atoms with Gasteiger partial charge in [-0.05, 0) is 38.1 Å². The van der Waals surface area contributed by atoms with Gasteiger partial charge in [-0.2, -0.15) is 0 Å². The fourth-order valence-corrected chi connectivity index (χ4v) is 4.73. The van der Waals surface area contributed by atoms with Crippen molar-refractivity contribution in [2.24, 2.45) is 0 Å². The minimum absolute atomic E-state index is 0.0461. The van der Waals surface area contributed by atoms with E-state index in [9.17, 15) is 4.79 Å². The Kier molecular flexibility index (Phi) is 5.19. The molecule has 3 heterocycles. The number of fused-ring (bicyclic) bond motifs is 1. The molecule has 4 aromatic rings. The average Bonchev–Trinajstić information content (AvgIpc) is 3.30. The van der Waals surface area contributed by atoms with Crippen molar-refractivity contribution in [1.82, 2.24) is 24.1 Å². The van der Waals surface area contributed by atoms with E-state index in [-0.39, 0.29) is 5.56 Å². The van der Waals surface area contributed by atoms with Gasteiger partial charge in [0.1, 0.15) is 5.75 Å². The lowest BCUT2D eigenvalue weighted by molar-refractivity contribution is 0.415. The molecule has 0 aliphatic heterocycles. The summed E-state index contributed by atoms with van der Waals surface area (Å²) in [5, 5.41) is 11.5. The van der Waals surface area contributed by atoms with Gasteiger partial charge in [-0.15, -0.1) is 21.5 Å². The summed E-state index contributed by atoms with van der Waals surface area (Å²) in [5.41, 5.74) is 2.59. The van der Waals surface area contributed by atoms with Crippen LogP contribution in [0.1, 0.15) is 18.3 Å². The average molecular weight is 414 g/mol. The van der Waals surface area contributed by atoms with Crippen molar-refractivity contribution in [3.63, 3.8) is 0 Å². The first-order chi connectivity index (χ1) is 13.6. The molecule has 4 rings (SSSR count). The summed E-state index contributed by atoms with van der Waals surface area (Å²) >= 11 is 3.01. The third-order valence-electron chi connectivity index (χ3n) is 4.36. The van der Waals surface area contributed by atoms with Gasteiger partial charge in [0, 0.05) is 35.0 Å². The Bertz CT molecular complexity index is 1180. The monoisotopic (exact) mass is 413 g/mol. The summed E-state index contributed by atoms with van der Waals surface area (Å²) in [6, 6.07) is 9.35. The topological polar surface area (TPSA) is 74.3 Å². The molecule has 0 spiro atoms. The van der Waals surface area contributed by atoms with Crippen molar-refractivity contribution in [1.29, 1.82) is 0 Å². The maximum absolute atomic E-state index is 12.3. The number of methoxy groups -OCH3 is 1. The lowest BCUT2D eigenvalue weighted by atomic mass is 10.2. The quantitative estimate of drug-likeness (QED) is 0.449. The highest BCUT2D eigenvalue weighted by molar-refractivity contribution is 7.98. The molecule has 28 heavy (non-hydrogen) atoms. The van der Waals surface area contributed by atoms with E-state index in [0.717, 1.165) is 45.2 Å². The van der Waals surface area contributed by atoms with Crippen molar-refractivity contribution in [2.75, 3.05) is 7.11 Å². The molecule has 0 saturated carbocycles. The molecule has 144 valence electrons. The summed E-state index contributed by atoms with van der Waals surface area (Å²) in [5.74, 6) is 2.17. The van der Waals surface area contributed by atoms with Crippen LogP contribution in [-0.4, -0.2) is 31.3 Å². The predicted molar refractivity (Wildman–Crippen MR) is 111 cm³/mol. The second kappa shape index (κ2) is 7.76. The van der Waals surface area contributed by atoms with Crippen LogP contribution in [0.2, 0.25) is 0 Å². The maximum Gasteiger partial charge on any atom is 0.258 e. The fourth-order valence-electron chi connectivity index (χ4n) is 2.95. The van der Waals surface area contributed by atoms with Crippen LogP contribution in [0.25, 0.3) is 16.3 Å². The van der Waals surface area contributed by atoms with Crippen molar-refractivity contribution in [3.8, 4) is 17.1 Å². The summed E-state index contributed by atoms with van der Waals surface area (Å²) in [6.45, 7) is 4.72. The Morgan fingerprint density at radius 2 is 2.00 bits per heavy atom. The maximum atomic E-state index is 12.3. The number of benzene rings is 1. The number of rotatable bonds is 6. The molecule has 3 aromatic heterocycles. The largest absolute Gasteiger partial charge is 0.497 e. The van der Waals surface area contributed by atoms with Gasteiger partial charge in [-0.3, -0.25) is 9.20 Å². The van der Waals surface area contributed by atoms with Crippen LogP contribution in [-0.2, 0) is 12.3 Å². The summed E-state index contributed by atoms with van der Waals surface area (Å²) in [6.07, 6.45) is 0. The van der Waals surface area contributed by atoms with Crippen LogP contribution in [0.3, 0.4) is 0 Å². The standard InChI is InChI=1S/C19H19N5O2S2/c1-4-23-17(13-5-7-15(26-3)8-6-13)21-22-19(23)28-11-14-9-16(25)24-12(2)10-27-18(24)20-14/h5-10H,4,11H2,1-3H3. The van der Waals surface area contributed by atoms with Crippen molar-refractivity contribution >= 4 is 28.1 Å². The minimum Gasteiger partial charge on any atom is -0.497 e. The van der Waals surface area contributed by atoms with Crippen LogP contribution in [0.15, 0.2) is 45.7 Å². The Labute approximate surface area is 170 Å². The lowest BCUT2D eigenvalue weighted by Gasteiger charge is -2.08. The second-order valence-corrected chi connectivity index (χ2v) is 7.93. The van der Waals surface area contributed by atoms with E-state index < -0.39 is 0 Å². The zero-order valence-corrected chi connectivity index (χ0v) is 17.4. The zero-order valence-electron chi connectivity index (χ0n) is 15.7. The predicted octanol–water partition coefficient (Wildman–Crippen LogP) is 3.64. The van der Waals surface area contributed by atoms with Crippen LogP contribution >= 0.6 is 23.1 Å². The van der Waals surface area contributed by atoms with Gasteiger partial charge in [0.05, 0.1) is 12.8 Å². The molecule has 0 N–H and O–H groups in total. The summed E-state index contributed by atoms with van der Waals surface area (Å²) < 4.78 is 8.91. The third-order valence-corrected chi connectivity index (χ3v) is 6.30. The van der Waals surface area contributed by atoms with E-state index in [1.54, 1.807) is 17.6 Å². The molecule has 0 aliphatic rings. The molecule has 0 atom stereocenters. The molecule has 0 bridgehead atoms. The summed E-state index contributed by atoms with van der Waals surface area (Å²) in [4.78, 5) is 17.7. The van der Waals surface area contributed by atoms with Crippen molar-refractivity contribution in [3.05, 3.63) is 57.5 Å². The Morgan fingerprint density at radius 1 is 1.21 bits per heavy atom. The van der Waals surface area contributed by atoms with E-state index >= 15 is 0 Å². The number of hydrogen-bond acceptors (Lipinski definition) is 7. The van der Waals surface area contributed by atoms with Gasteiger partial charge < -0.3 is 9.30 Å². The number of nitrogens with zero attached hydrogens (tertiary/aromatic N) is 5. The summed E-state index contributed by atoms with van der Waals surface area (Å²) in [7, 11) is 1.65. The molecule has 0 aliphatic carbocycles. The Balaban J connectivity index is 1.58. The van der Waals surface area contributed by atoms with E-state index in [2.05, 4.69) is 26.7 Å². The van der Waals surface area contributed by atoms with E-state index in [1.165, 1.54) is 23.1 Å². The Morgan fingerprint density at radius 3 is 2.71 bits per heavy atom. The molecule has 1 aromatic carbocycles. The van der Waals surface area contributed by atoms with Crippen LogP contribution < -0.4 is 10.3 Å². The molecular formula is C19H19N5O2S2. The number of ether oxygens (including phenoxy) is 1. The van der Waals surface area contributed by atoms with E-state index in [1.807, 2.05) is 36.6 Å². The zero-order chi connectivity index (χ0) is 19.7. The van der Waals surface area contributed by atoms with E-state index in [4.69, 9.17) is 4.74 Å². The second-order valence-electron chi connectivity index (χ2n) is 6.15. The molecule has 0 fully saturated rings. The SMILES string of the molecule is CCn1c(SCc2cc(=O)n3c(C)csc3n2)nnc1-c1ccc(OC)cc1. The highest BCUT2D eigenvalue weighted by atomic mass is 32.2. The number of hydrogen-bond donors (Lipinski definition) is 0. The minimum atomic E-state index is -0.0461. The van der Waals surface area contributed by atoms with Gasteiger partial charge in [0.15, 0.2) is 15.9 Å². The highest BCUT2D eigenvalue weighted by Gasteiger charge is 2.14. The number of thiazole rings is 1. The van der Waals surface area contributed by atoms with Gasteiger partial charge in [0.25, 0.3) is 5.56 Å². The molecule has 0 amide bonds. The van der Waals surface area contributed by atoms with Gasteiger partial charge in [-0.1, -0.05) is 11.8 Å². The van der Waals surface area contributed by atoms with Crippen molar-refractivity contribution < 1.29 is 4.74 Å². The molecule has 9 heteroatoms. The molecule has 0 unspecified atom stereocenters.